The van der Waals surface area contributed by atoms with Crippen LogP contribution in [0.1, 0.15) is 27.2 Å². The third kappa shape index (κ3) is 4.71. The fourth-order valence-corrected chi connectivity index (χ4v) is 2.49. The molecule has 0 aliphatic heterocycles. The predicted octanol–water partition coefficient (Wildman–Crippen LogP) is 1.77. The monoisotopic (exact) mass is 300 g/mol. The molecule has 108 valence electrons. The van der Waals surface area contributed by atoms with Crippen LogP contribution in [0.3, 0.4) is 0 Å². The average Bonchev–Trinajstić information content (AvgIpc) is 2.97. The maximum absolute atomic E-state index is 12.1. The molecule has 0 aliphatic carbocycles. The summed E-state index contributed by atoms with van der Waals surface area (Å²) in [4.78, 5) is 16.3. The Morgan fingerprint density at radius 2 is 2.29 bits per heavy atom. The lowest BCUT2D eigenvalue weighted by Gasteiger charge is -2.06. The second-order valence-electron chi connectivity index (χ2n) is 4.53. The number of benzene rings is 1. The molecule has 2 aromatic rings. The number of thiazole rings is 1. The van der Waals surface area contributed by atoms with Crippen molar-refractivity contribution in [3.8, 4) is 11.8 Å². The molecular formula is C16H16N2O2S. The number of amides is 1. The van der Waals surface area contributed by atoms with Crippen molar-refractivity contribution < 1.29 is 9.90 Å². The summed E-state index contributed by atoms with van der Waals surface area (Å²) in [5.41, 5.74) is 5.04. The fraction of sp³-hybridized carbons (Fsp3) is 0.250. The van der Waals surface area contributed by atoms with Gasteiger partial charge in [0, 0.05) is 29.5 Å². The predicted molar refractivity (Wildman–Crippen MR) is 83.3 cm³/mol. The van der Waals surface area contributed by atoms with E-state index in [1.165, 1.54) is 0 Å². The van der Waals surface area contributed by atoms with Crippen molar-refractivity contribution in [1.82, 2.24) is 10.3 Å². The number of aliphatic hydroxyl groups is 1. The van der Waals surface area contributed by atoms with Crippen molar-refractivity contribution in [2.75, 3.05) is 13.2 Å². The van der Waals surface area contributed by atoms with Gasteiger partial charge in [0.05, 0.1) is 11.2 Å². The van der Waals surface area contributed by atoms with Gasteiger partial charge in [-0.15, -0.1) is 11.3 Å². The third-order valence-electron chi connectivity index (χ3n) is 2.80. The Bertz CT molecular complexity index is 669. The zero-order valence-corrected chi connectivity index (χ0v) is 12.5. The molecule has 1 aromatic carbocycles. The van der Waals surface area contributed by atoms with Gasteiger partial charge in [0.1, 0.15) is 6.61 Å². The molecule has 0 aliphatic rings. The quantitative estimate of drug-likeness (QED) is 0.846. The van der Waals surface area contributed by atoms with Crippen molar-refractivity contribution in [1.29, 1.82) is 0 Å². The van der Waals surface area contributed by atoms with Gasteiger partial charge >= 0.3 is 0 Å². The van der Waals surface area contributed by atoms with Crippen LogP contribution < -0.4 is 5.32 Å². The lowest BCUT2D eigenvalue weighted by atomic mass is 10.1. The van der Waals surface area contributed by atoms with E-state index in [2.05, 4.69) is 22.1 Å². The normalized spacial score (nSPS) is 9.81. The van der Waals surface area contributed by atoms with Crippen molar-refractivity contribution in [3.63, 3.8) is 0 Å². The van der Waals surface area contributed by atoms with Gasteiger partial charge in [-0.2, -0.15) is 0 Å². The lowest BCUT2D eigenvalue weighted by Crippen LogP contribution is -2.25. The van der Waals surface area contributed by atoms with Gasteiger partial charge in [-0.25, -0.2) is 4.98 Å². The number of nitrogens with zero attached hydrogens (tertiary/aromatic N) is 1. The molecule has 0 radical (unpaired) electrons. The SMILES string of the molecule is Cc1cc(C#CCO)cc(C(=O)NCCc2cscn2)c1. The molecular weight excluding hydrogens is 284 g/mol. The maximum Gasteiger partial charge on any atom is 0.251 e. The zero-order chi connectivity index (χ0) is 15.1. The van der Waals surface area contributed by atoms with E-state index in [0.29, 0.717) is 12.1 Å². The van der Waals surface area contributed by atoms with Gasteiger partial charge in [-0.05, 0) is 30.7 Å². The summed E-state index contributed by atoms with van der Waals surface area (Å²) in [5, 5.41) is 13.6. The molecule has 0 bridgehead atoms. The second-order valence-corrected chi connectivity index (χ2v) is 5.25. The second kappa shape index (κ2) is 7.58. The highest BCUT2D eigenvalue weighted by molar-refractivity contribution is 7.07. The highest BCUT2D eigenvalue weighted by Crippen LogP contribution is 2.09. The van der Waals surface area contributed by atoms with Crippen molar-refractivity contribution in [2.24, 2.45) is 0 Å². The van der Waals surface area contributed by atoms with Crippen LogP contribution in [0.15, 0.2) is 29.1 Å². The molecule has 1 aromatic heterocycles. The summed E-state index contributed by atoms with van der Waals surface area (Å²) >= 11 is 1.55. The van der Waals surface area contributed by atoms with E-state index in [4.69, 9.17) is 5.11 Å². The van der Waals surface area contributed by atoms with Crippen molar-refractivity contribution in [3.05, 3.63) is 51.5 Å². The largest absolute Gasteiger partial charge is 0.384 e. The van der Waals surface area contributed by atoms with E-state index >= 15 is 0 Å². The van der Waals surface area contributed by atoms with E-state index < -0.39 is 0 Å². The molecule has 4 nitrogen and oxygen atoms in total. The Balaban J connectivity index is 1.99. The molecule has 0 spiro atoms. The number of carbonyl (C=O) groups is 1. The van der Waals surface area contributed by atoms with Crippen molar-refractivity contribution >= 4 is 17.2 Å². The molecule has 2 rings (SSSR count). The Labute approximate surface area is 127 Å². The molecule has 0 atom stereocenters. The minimum Gasteiger partial charge on any atom is -0.384 e. The van der Waals surface area contributed by atoms with Gasteiger partial charge in [0.25, 0.3) is 5.91 Å². The summed E-state index contributed by atoms with van der Waals surface area (Å²) < 4.78 is 0. The first-order valence-electron chi connectivity index (χ1n) is 6.55. The van der Waals surface area contributed by atoms with Gasteiger partial charge < -0.3 is 10.4 Å². The summed E-state index contributed by atoms with van der Waals surface area (Å²) in [5.74, 6) is 5.28. The van der Waals surface area contributed by atoms with Crippen LogP contribution in [0.2, 0.25) is 0 Å². The van der Waals surface area contributed by atoms with E-state index in [9.17, 15) is 4.79 Å². The molecule has 1 amide bonds. The number of aliphatic hydroxyl groups excluding tert-OH is 1. The first-order valence-corrected chi connectivity index (χ1v) is 7.50. The van der Waals surface area contributed by atoms with E-state index in [1.807, 2.05) is 24.4 Å². The first kappa shape index (κ1) is 15.2. The molecule has 5 heteroatoms. The number of hydrogen-bond donors (Lipinski definition) is 2. The minimum absolute atomic E-state index is 0.124. The fourth-order valence-electron chi connectivity index (χ4n) is 1.90. The van der Waals surface area contributed by atoms with Crippen molar-refractivity contribution in [2.45, 2.75) is 13.3 Å². The smallest absolute Gasteiger partial charge is 0.251 e. The molecule has 2 N–H and O–H groups in total. The van der Waals surface area contributed by atoms with E-state index in [0.717, 1.165) is 23.2 Å². The Kier molecular flexibility index (Phi) is 5.50. The number of nitrogens with one attached hydrogen (secondary N) is 1. The summed E-state index contributed by atoms with van der Waals surface area (Å²) in [6.07, 6.45) is 0.720. The topological polar surface area (TPSA) is 62.2 Å². The molecule has 0 fully saturated rings. The van der Waals surface area contributed by atoms with Crippen LogP contribution in [0.4, 0.5) is 0 Å². The van der Waals surface area contributed by atoms with E-state index in [1.54, 1.807) is 22.9 Å². The van der Waals surface area contributed by atoms with Gasteiger partial charge in [-0.3, -0.25) is 4.79 Å². The Hall–Kier alpha value is -2.16. The molecule has 0 saturated heterocycles. The lowest BCUT2D eigenvalue weighted by molar-refractivity contribution is 0.0954. The Morgan fingerprint density at radius 1 is 1.43 bits per heavy atom. The van der Waals surface area contributed by atoms with Crippen LogP contribution in [0, 0.1) is 18.8 Å². The summed E-state index contributed by atoms with van der Waals surface area (Å²) in [7, 11) is 0. The number of carbonyl (C=O) groups excluding carboxylic acids is 1. The minimum atomic E-state index is -0.191. The van der Waals surface area contributed by atoms with E-state index in [-0.39, 0.29) is 12.5 Å². The maximum atomic E-state index is 12.1. The standard InChI is InChI=1S/C16H16N2O2S/c1-12-7-13(3-2-6-19)9-14(8-12)16(20)17-5-4-15-10-21-11-18-15/h7-11,19H,4-6H2,1H3,(H,17,20). The number of hydrogen-bond acceptors (Lipinski definition) is 4. The average molecular weight is 300 g/mol. The van der Waals surface area contributed by atoms with Crippen LogP contribution >= 0.6 is 11.3 Å². The van der Waals surface area contributed by atoms with Crippen LogP contribution in [0.5, 0.6) is 0 Å². The molecule has 21 heavy (non-hydrogen) atoms. The third-order valence-corrected chi connectivity index (χ3v) is 3.44. The first-order chi connectivity index (χ1) is 10.2. The van der Waals surface area contributed by atoms with Crippen LogP contribution in [-0.2, 0) is 6.42 Å². The summed E-state index contributed by atoms with van der Waals surface area (Å²) in [6, 6.07) is 5.44. The molecule has 1 heterocycles. The summed E-state index contributed by atoms with van der Waals surface area (Å²) in [6.45, 7) is 2.27. The molecule has 0 unspecified atom stereocenters. The van der Waals surface area contributed by atoms with Gasteiger partial charge in [0.15, 0.2) is 0 Å². The van der Waals surface area contributed by atoms with Gasteiger partial charge in [-0.1, -0.05) is 11.8 Å². The number of rotatable bonds is 4. The number of aromatic nitrogens is 1. The molecule has 0 saturated carbocycles. The van der Waals surface area contributed by atoms with Gasteiger partial charge in [0.2, 0.25) is 0 Å². The highest BCUT2D eigenvalue weighted by Gasteiger charge is 2.07. The highest BCUT2D eigenvalue weighted by atomic mass is 32.1. The number of aryl methyl sites for hydroxylation is 1. The zero-order valence-electron chi connectivity index (χ0n) is 11.7. The van der Waals surface area contributed by atoms with Crippen LogP contribution in [-0.4, -0.2) is 29.1 Å². The van der Waals surface area contributed by atoms with Crippen LogP contribution in [0.25, 0.3) is 0 Å². The Morgan fingerprint density at radius 3 is 3.00 bits per heavy atom.